The van der Waals surface area contributed by atoms with Gasteiger partial charge in [0.1, 0.15) is 18.1 Å². The third-order valence-corrected chi connectivity index (χ3v) is 4.05. The fourth-order valence-electron chi connectivity index (χ4n) is 3.37. The zero-order chi connectivity index (χ0) is 11.4. The van der Waals surface area contributed by atoms with E-state index in [0.717, 1.165) is 6.42 Å². The van der Waals surface area contributed by atoms with Gasteiger partial charge in [-0.1, -0.05) is 6.92 Å². The smallest absolute Gasteiger partial charge is 0.313 e. The third kappa shape index (κ3) is 0.993. The monoisotopic (exact) mass is 226 g/mol. The Balaban J connectivity index is 1.97. The van der Waals surface area contributed by atoms with Gasteiger partial charge in [0.15, 0.2) is 0 Å². The van der Waals surface area contributed by atoms with E-state index in [1.807, 2.05) is 6.92 Å². The van der Waals surface area contributed by atoms with Crippen LogP contribution in [0.5, 0.6) is 0 Å². The lowest BCUT2D eigenvalue weighted by atomic mass is 9.73. The number of carbonyl (C=O) groups is 2. The van der Waals surface area contributed by atoms with Crippen molar-refractivity contribution in [3.63, 3.8) is 0 Å². The van der Waals surface area contributed by atoms with Crippen LogP contribution in [0.4, 0.5) is 0 Å². The minimum absolute atomic E-state index is 0.136. The van der Waals surface area contributed by atoms with Crippen molar-refractivity contribution in [2.24, 2.45) is 17.8 Å². The summed E-state index contributed by atoms with van der Waals surface area (Å²) in [7, 11) is 1.34. The molecule has 3 aliphatic heterocycles. The number of fused-ring (bicyclic) bond motifs is 1. The van der Waals surface area contributed by atoms with Gasteiger partial charge in [-0.05, 0) is 6.42 Å². The Labute approximate surface area is 93.0 Å². The van der Waals surface area contributed by atoms with Crippen molar-refractivity contribution in [2.75, 3.05) is 7.11 Å². The van der Waals surface area contributed by atoms with Gasteiger partial charge in [0.25, 0.3) is 0 Å². The highest BCUT2D eigenvalue weighted by Crippen LogP contribution is 2.53. The summed E-state index contributed by atoms with van der Waals surface area (Å²) in [6.07, 6.45) is 0.267. The Kier molecular flexibility index (Phi) is 2.01. The second-order valence-corrected chi connectivity index (χ2v) is 4.61. The van der Waals surface area contributed by atoms with Gasteiger partial charge in [0.05, 0.1) is 19.1 Å². The predicted octanol–water partition coefficient (Wildman–Crippen LogP) is 0.124. The SMILES string of the molecule is CCC1C2OC(=O)C3C2OC1C3C(=O)OC. The number of esters is 2. The Morgan fingerprint density at radius 1 is 1.38 bits per heavy atom. The van der Waals surface area contributed by atoms with Crippen LogP contribution in [-0.4, -0.2) is 37.4 Å². The molecule has 0 spiro atoms. The molecule has 0 N–H and O–H groups in total. The quantitative estimate of drug-likeness (QED) is 0.626. The molecule has 88 valence electrons. The van der Waals surface area contributed by atoms with Crippen molar-refractivity contribution >= 4 is 11.9 Å². The maximum Gasteiger partial charge on any atom is 0.313 e. The van der Waals surface area contributed by atoms with Gasteiger partial charge in [-0.15, -0.1) is 0 Å². The molecular formula is C11H14O5. The summed E-state index contributed by atoms with van der Waals surface area (Å²) in [5, 5.41) is 0. The van der Waals surface area contributed by atoms with Gasteiger partial charge in [-0.25, -0.2) is 0 Å². The van der Waals surface area contributed by atoms with Crippen LogP contribution in [0.25, 0.3) is 0 Å². The average molecular weight is 226 g/mol. The third-order valence-electron chi connectivity index (χ3n) is 4.05. The molecule has 3 heterocycles. The molecule has 0 saturated carbocycles. The van der Waals surface area contributed by atoms with Crippen LogP contribution in [-0.2, 0) is 23.8 Å². The average Bonchev–Trinajstić information content (AvgIpc) is 2.87. The number of hydrogen-bond acceptors (Lipinski definition) is 5. The second-order valence-electron chi connectivity index (χ2n) is 4.61. The van der Waals surface area contributed by atoms with E-state index in [2.05, 4.69) is 0 Å². The van der Waals surface area contributed by atoms with Crippen molar-refractivity contribution in [3.8, 4) is 0 Å². The van der Waals surface area contributed by atoms with Gasteiger partial charge in [-0.2, -0.15) is 0 Å². The van der Waals surface area contributed by atoms with Gasteiger partial charge >= 0.3 is 11.9 Å². The molecule has 6 atom stereocenters. The zero-order valence-electron chi connectivity index (χ0n) is 9.21. The topological polar surface area (TPSA) is 61.8 Å². The minimum atomic E-state index is -0.466. The number of hydrogen-bond donors (Lipinski definition) is 0. The Bertz CT molecular complexity index is 352. The number of carbonyl (C=O) groups excluding carboxylic acids is 2. The minimum Gasteiger partial charge on any atom is -0.469 e. The molecule has 0 amide bonds. The number of rotatable bonds is 2. The van der Waals surface area contributed by atoms with Crippen LogP contribution in [0.2, 0.25) is 0 Å². The van der Waals surface area contributed by atoms with E-state index in [4.69, 9.17) is 14.2 Å². The molecule has 16 heavy (non-hydrogen) atoms. The first-order chi connectivity index (χ1) is 7.69. The lowest BCUT2D eigenvalue weighted by Crippen LogP contribution is -2.42. The zero-order valence-corrected chi connectivity index (χ0v) is 9.21. The Morgan fingerprint density at radius 2 is 2.12 bits per heavy atom. The highest BCUT2D eigenvalue weighted by atomic mass is 16.6. The Morgan fingerprint density at radius 3 is 2.75 bits per heavy atom. The lowest BCUT2D eigenvalue weighted by molar-refractivity contribution is -0.153. The van der Waals surface area contributed by atoms with Gasteiger partial charge in [0.2, 0.25) is 0 Å². The van der Waals surface area contributed by atoms with Crippen LogP contribution in [0.1, 0.15) is 13.3 Å². The molecule has 6 unspecified atom stereocenters. The first kappa shape index (κ1) is 10.1. The van der Waals surface area contributed by atoms with Gasteiger partial charge in [0, 0.05) is 5.92 Å². The van der Waals surface area contributed by atoms with Crippen LogP contribution in [0, 0.1) is 17.8 Å². The summed E-state index contributed by atoms with van der Waals surface area (Å²) in [5.74, 6) is -1.43. The molecule has 0 aromatic carbocycles. The van der Waals surface area contributed by atoms with E-state index >= 15 is 0 Å². The second kappa shape index (κ2) is 3.20. The van der Waals surface area contributed by atoms with E-state index in [-0.39, 0.29) is 36.2 Å². The molecule has 3 aliphatic rings. The van der Waals surface area contributed by atoms with Crippen LogP contribution in [0.3, 0.4) is 0 Å². The first-order valence-electron chi connectivity index (χ1n) is 5.62. The fourth-order valence-corrected chi connectivity index (χ4v) is 3.37. The predicted molar refractivity (Wildman–Crippen MR) is 51.3 cm³/mol. The molecule has 2 bridgehead atoms. The van der Waals surface area contributed by atoms with Crippen molar-refractivity contribution < 1.29 is 23.8 Å². The van der Waals surface area contributed by atoms with Crippen molar-refractivity contribution in [1.82, 2.24) is 0 Å². The number of ether oxygens (including phenoxy) is 3. The largest absolute Gasteiger partial charge is 0.469 e. The van der Waals surface area contributed by atoms with Gasteiger partial charge < -0.3 is 14.2 Å². The van der Waals surface area contributed by atoms with E-state index in [1.165, 1.54) is 7.11 Å². The standard InChI is InChI=1S/C11H14O5/c1-3-4-7-5(10(12)14-2)6-9(15-7)8(4)16-11(6)13/h4-9H,3H2,1-2H3. The van der Waals surface area contributed by atoms with Crippen LogP contribution < -0.4 is 0 Å². The summed E-state index contributed by atoms with van der Waals surface area (Å²) in [5.41, 5.74) is 0. The fraction of sp³-hybridized carbons (Fsp3) is 0.818. The normalized spacial score (nSPS) is 48.2. The van der Waals surface area contributed by atoms with Crippen molar-refractivity contribution in [2.45, 2.75) is 31.7 Å². The molecule has 0 radical (unpaired) electrons. The molecule has 0 aromatic heterocycles. The van der Waals surface area contributed by atoms with E-state index in [9.17, 15) is 9.59 Å². The van der Waals surface area contributed by atoms with Crippen molar-refractivity contribution in [1.29, 1.82) is 0 Å². The molecular weight excluding hydrogens is 212 g/mol. The maximum atomic E-state index is 11.7. The van der Waals surface area contributed by atoms with Crippen LogP contribution in [0.15, 0.2) is 0 Å². The molecule has 3 fully saturated rings. The van der Waals surface area contributed by atoms with E-state index < -0.39 is 11.8 Å². The van der Waals surface area contributed by atoms with Crippen molar-refractivity contribution in [3.05, 3.63) is 0 Å². The van der Waals surface area contributed by atoms with E-state index in [0.29, 0.717) is 0 Å². The summed E-state index contributed by atoms with van der Waals surface area (Å²) >= 11 is 0. The highest BCUT2D eigenvalue weighted by molar-refractivity contribution is 5.86. The highest BCUT2D eigenvalue weighted by Gasteiger charge is 2.69. The molecule has 3 rings (SSSR count). The number of methoxy groups -OCH3 is 1. The maximum absolute atomic E-state index is 11.7. The summed E-state index contributed by atoms with van der Waals surface area (Å²) in [4.78, 5) is 23.4. The summed E-state index contributed by atoms with van der Waals surface area (Å²) in [6.45, 7) is 2.02. The molecule has 3 saturated heterocycles. The summed E-state index contributed by atoms with van der Waals surface area (Å²) < 4.78 is 15.8. The Hall–Kier alpha value is -1.10. The lowest BCUT2D eigenvalue weighted by Gasteiger charge is -2.25. The first-order valence-corrected chi connectivity index (χ1v) is 5.62. The molecule has 5 heteroatoms. The van der Waals surface area contributed by atoms with E-state index in [1.54, 1.807) is 0 Å². The molecule has 0 aliphatic carbocycles. The molecule has 5 nitrogen and oxygen atoms in total. The van der Waals surface area contributed by atoms with Crippen LogP contribution >= 0.6 is 0 Å². The molecule has 0 aromatic rings. The summed E-state index contributed by atoms with van der Waals surface area (Å²) in [6, 6.07) is 0. The van der Waals surface area contributed by atoms with Gasteiger partial charge in [-0.3, -0.25) is 9.59 Å².